The summed E-state index contributed by atoms with van der Waals surface area (Å²) in [6, 6.07) is 7.12. The van der Waals surface area contributed by atoms with Crippen molar-refractivity contribution in [2.75, 3.05) is 6.61 Å². The number of hydrogen-bond donors (Lipinski definition) is 1. The summed E-state index contributed by atoms with van der Waals surface area (Å²) >= 11 is 0. The van der Waals surface area contributed by atoms with Gasteiger partial charge in [0.05, 0.1) is 6.61 Å². The summed E-state index contributed by atoms with van der Waals surface area (Å²) in [6.45, 7) is 4.23. The van der Waals surface area contributed by atoms with Crippen molar-refractivity contribution < 1.29 is 45.4 Å². The van der Waals surface area contributed by atoms with E-state index in [1.54, 1.807) is 12.1 Å². The summed E-state index contributed by atoms with van der Waals surface area (Å²) in [5, 5.41) is 0. The van der Waals surface area contributed by atoms with Crippen LogP contribution in [0.3, 0.4) is 0 Å². The Labute approximate surface area is 125 Å². The van der Waals surface area contributed by atoms with Gasteiger partial charge in [0.2, 0.25) is 5.91 Å². The fraction of sp³-hybridized carbons (Fsp3) is 0.417. The topological polar surface area (TPSA) is 47.6 Å². The van der Waals surface area contributed by atoms with Gasteiger partial charge in [-0.2, -0.15) is 5.48 Å². The summed E-state index contributed by atoms with van der Waals surface area (Å²) in [4.78, 5) is 15.6. The second-order valence-corrected chi connectivity index (χ2v) is 3.43. The first kappa shape index (κ1) is 16.3. The van der Waals surface area contributed by atoms with Crippen molar-refractivity contribution in [3.05, 3.63) is 24.3 Å². The Morgan fingerprint density at radius 1 is 1.29 bits per heavy atom. The molecule has 0 aromatic heterocycles. The maximum Gasteiger partial charge on any atom is 1.00 e. The summed E-state index contributed by atoms with van der Waals surface area (Å²) < 4.78 is 5.48. The van der Waals surface area contributed by atoms with Gasteiger partial charge < -0.3 is 11.0 Å². The fourth-order valence-electron chi connectivity index (χ4n) is 1.07. The van der Waals surface area contributed by atoms with Crippen LogP contribution in [0.25, 0.3) is 0 Å². The van der Waals surface area contributed by atoms with Crippen LogP contribution in [0.1, 0.15) is 28.1 Å². The van der Waals surface area contributed by atoms with E-state index in [1.165, 1.54) is 6.92 Å². The number of nitrogens with one attached hydrogen (secondary N) is 1. The van der Waals surface area contributed by atoms with Gasteiger partial charge in [-0.3, -0.25) is 4.79 Å². The predicted octanol–water partition coefficient (Wildman–Crippen LogP) is -0.588. The van der Waals surface area contributed by atoms with Crippen molar-refractivity contribution in [1.29, 1.82) is 0 Å². The van der Waals surface area contributed by atoms with Crippen LogP contribution in [-0.4, -0.2) is 12.5 Å². The van der Waals surface area contributed by atoms with Crippen molar-refractivity contribution in [3.8, 4) is 11.5 Å². The maximum absolute atomic E-state index is 10.6. The average Bonchev–Trinajstić information content (AvgIpc) is 2.28. The van der Waals surface area contributed by atoms with E-state index in [0.29, 0.717) is 5.75 Å². The maximum atomic E-state index is 10.6. The third kappa shape index (κ3) is 7.26. The van der Waals surface area contributed by atoms with Gasteiger partial charge in [0, 0.05) is 6.92 Å². The van der Waals surface area contributed by atoms with Crippen molar-refractivity contribution in [2.45, 2.75) is 26.7 Å². The molecular formula is C12H18NNaO3. The number of hydrogen-bond acceptors (Lipinski definition) is 3. The third-order valence-electron chi connectivity index (χ3n) is 1.90. The molecule has 1 aromatic rings. The summed E-state index contributed by atoms with van der Waals surface area (Å²) in [7, 11) is 0. The molecule has 0 atom stereocenters. The molecule has 0 heterocycles. The van der Waals surface area contributed by atoms with Gasteiger partial charge in [0.25, 0.3) is 0 Å². The van der Waals surface area contributed by atoms with Crippen LogP contribution >= 0.6 is 0 Å². The van der Waals surface area contributed by atoms with Gasteiger partial charge in [-0.1, -0.05) is 13.3 Å². The van der Waals surface area contributed by atoms with E-state index in [2.05, 4.69) is 12.4 Å². The van der Waals surface area contributed by atoms with Crippen molar-refractivity contribution >= 4 is 5.91 Å². The second-order valence-electron chi connectivity index (χ2n) is 3.43. The Kier molecular flexibility index (Phi) is 8.94. The molecule has 1 rings (SSSR count). The molecule has 17 heavy (non-hydrogen) atoms. The van der Waals surface area contributed by atoms with Crippen LogP contribution < -0.4 is 44.6 Å². The van der Waals surface area contributed by atoms with Crippen molar-refractivity contribution in [3.63, 3.8) is 0 Å². The minimum atomic E-state index is -0.233. The SMILES string of the molecule is CCCCOc1ccc(ONC(C)=O)cc1.[H-].[Na+]. The van der Waals surface area contributed by atoms with Crippen LogP contribution in [0, 0.1) is 0 Å². The predicted molar refractivity (Wildman–Crippen MR) is 62.4 cm³/mol. The number of ether oxygens (including phenoxy) is 1. The van der Waals surface area contributed by atoms with E-state index < -0.39 is 0 Å². The summed E-state index contributed by atoms with van der Waals surface area (Å²) in [5.41, 5.74) is 2.25. The quantitative estimate of drug-likeness (QED) is 0.415. The van der Waals surface area contributed by atoms with Crippen LogP contribution in [0.2, 0.25) is 0 Å². The van der Waals surface area contributed by atoms with Crippen LogP contribution in [0.4, 0.5) is 0 Å². The minimum absolute atomic E-state index is 0. The number of unbranched alkanes of at least 4 members (excludes halogenated alkanes) is 1. The standard InChI is InChI=1S/C12H17NO3.Na.H/c1-3-4-9-15-11-5-7-12(8-6-11)16-13-10(2)14;;/h5-8H,3-4,9H2,1-2H3,(H,13,14);;/q;+1;-1. The number of amides is 1. The first-order chi connectivity index (χ1) is 7.72. The van der Waals surface area contributed by atoms with Gasteiger partial charge in [0.1, 0.15) is 5.75 Å². The zero-order valence-corrected chi connectivity index (χ0v) is 12.7. The number of hydroxylamine groups is 1. The van der Waals surface area contributed by atoms with E-state index in [-0.39, 0.29) is 36.9 Å². The number of benzene rings is 1. The fourth-order valence-corrected chi connectivity index (χ4v) is 1.07. The van der Waals surface area contributed by atoms with E-state index in [4.69, 9.17) is 9.57 Å². The molecule has 0 radical (unpaired) electrons. The Balaban J connectivity index is 0. The molecule has 5 heteroatoms. The molecular weight excluding hydrogens is 229 g/mol. The van der Waals surface area contributed by atoms with Gasteiger partial charge in [-0.25, -0.2) is 0 Å². The molecule has 1 aromatic carbocycles. The smallest absolute Gasteiger partial charge is 1.00 e. The minimum Gasteiger partial charge on any atom is -1.00 e. The normalized spacial score (nSPS) is 9.06. The first-order valence-corrected chi connectivity index (χ1v) is 5.38. The monoisotopic (exact) mass is 247 g/mol. The van der Waals surface area contributed by atoms with Crippen LogP contribution in [0.15, 0.2) is 24.3 Å². The van der Waals surface area contributed by atoms with Crippen molar-refractivity contribution in [2.24, 2.45) is 0 Å². The average molecular weight is 247 g/mol. The summed E-state index contributed by atoms with van der Waals surface area (Å²) in [6.07, 6.45) is 2.16. The number of carbonyl (C=O) groups excluding carboxylic acids is 1. The molecule has 0 bridgehead atoms. The van der Waals surface area contributed by atoms with Gasteiger partial charge in [-0.15, -0.1) is 0 Å². The molecule has 1 N–H and O–H groups in total. The molecule has 0 aliphatic heterocycles. The van der Waals surface area contributed by atoms with E-state index in [0.717, 1.165) is 25.2 Å². The third-order valence-corrected chi connectivity index (χ3v) is 1.90. The van der Waals surface area contributed by atoms with E-state index in [1.807, 2.05) is 12.1 Å². The number of rotatable bonds is 6. The van der Waals surface area contributed by atoms with Crippen LogP contribution in [-0.2, 0) is 4.79 Å². The molecule has 0 aliphatic rings. The van der Waals surface area contributed by atoms with Crippen molar-refractivity contribution in [1.82, 2.24) is 5.48 Å². The zero-order valence-electron chi connectivity index (χ0n) is 11.7. The molecule has 0 unspecified atom stereocenters. The molecule has 0 saturated heterocycles. The molecule has 90 valence electrons. The zero-order chi connectivity index (χ0) is 11.8. The van der Waals surface area contributed by atoms with Crippen LogP contribution in [0.5, 0.6) is 11.5 Å². The Morgan fingerprint density at radius 3 is 2.41 bits per heavy atom. The Hall–Kier alpha value is -0.710. The molecule has 0 spiro atoms. The molecule has 1 amide bonds. The van der Waals surface area contributed by atoms with E-state index >= 15 is 0 Å². The van der Waals surface area contributed by atoms with Gasteiger partial charge >= 0.3 is 29.6 Å². The van der Waals surface area contributed by atoms with Gasteiger partial charge in [0.15, 0.2) is 5.75 Å². The largest absolute Gasteiger partial charge is 1.00 e. The first-order valence-electron chi connectivity index (χ1n) is 5.38. The Morgan fingerprint density at radius 2 is 1.88 bits per heavy atom. The summed E-state index contributed by atoms with van der Waals surface area (Å²) in [5.74, 6) is 1.16. The second kappa shape index (κ2) is 9.33. The number of carbonyl (C=O) groups is 1. The molecule has 0 aliphatic carbocycles. The molecule has 0 fully saturated rings. The molecule has 4 nitrogen and oxygen atoms in total. The van der Waals surface area contributed by atoms with Gasteiger partial charge in [-0.05, 0) is 30.7 Å². The Bertz CT molecular complexity index is 333. The van der Waals surface area contributed by atoms with E-state index in [9.17, 15) is 4.79 Å². The molecule has 0 saturated carbocycles.